The van der Waals surface area contributed by atoms with E-state index in [1.54, 1.807) is 25.7 Å². The van der Waals surface area contributed by atoms with E-state index in [4.69, 9.17) is 9.84 Å². The Morgan fingerprint density at radius 1 is 1.03 bits per heavy atom. The number of hydrogen-bond donors (Lipinski definition) is 1. The highest BCUT2D eigenvalue weighted by molar-refractivity contribution is 5.76. The molecule has 156 valence electrons. The molecule has 0 fully saturated rings. The third-order valence-electron chi connectivity index (χ3n) is 4.84. The summed E-state index contributed by atoms with van der Waals surface area (Å²) in [5.41, 5.74) is 4.45. The van der Waals surface area contributed by atoms with Crippen molar-refractivity contribution in [1.82, 2.24) is 25.1 Å². The number of ether oxygens (including phenoxy) is 1. The van der Waals surface area contributed by atoms with Crippen LogP contribution in [0.15, 0.2) is 79.3 Å². The quantitative estimate of drug-likeness (QED) is 0.477. The molecular formula is C24H23N5O2. The van der Waals surface area contributed by atoms with E-state index >= 15 is 0 Å². The zero-order valence-electron chi connectivity index (χ0n) is 17.2. The SMILES string of the molecule is COc1ccc(-n2nc(CCC(=O)NCc3ccccn3)cc2-c2cccnc2)cc1. The summed E-state index contributed by atoms with van der Waals surface area (Å²) in [6.07, 6.45) is 6.14. The lowest BCUT2D eigenvalue weighted by molar-refractivity contribution is -0.121. The van der Waals surface area contributed by atoms with Crippen LogP contribution in [-0.4, -0.2) is 32.8 Å². The average Bonchev–Trinajstić information content (AvgIpc) is 3.27. The summed E-state index contributed by atoms with van der Waals surface area (Å²) in [5, 5.41) is 7.67. The van der Waals surface area contributed by atoms with E-state index in [9.17, 15) is 4.79 Å². The summed E-state index contributed by atoms with van der Waals surface area (Å²) in [6.45, 7) is 0.418. The van der Waals surface area contributed by atoms with Gasteiger partial charge in [0.05, 0.1) is 36.4 Å². The maximum atomic E-state index is 12.3. The molecule has 1 N–H and O–H groups in total. The third kappa shape index (κ3) is 5.14. The number of carbonyl (C=O) groups excluding carboxylic acids is 1. The van der Waals surface area contributed by atoms with E-state index in [1.165, 1.54) is 0 Å². The molecule has 0 spiro atoms. The molecule has 0 radical (unpaired) electrons. The van der Waals surface area contributed by atoms with E-state index in [2.05, 4.69) is 15.3 Å². The molecule has 4 aromatic rings. The predicted molar refractivity (Wildman–Crippen MR) is 118 cm³/mol. The number of nitrogens with zero attached hydrogens (tertiary/aromatic N) is 4. The highest BCUT2D eigenvalue weighted by Crippen LogP contribution is 2.25. The molecule has 4 rings (SSSR count). The van der Waals surface area contributed by atoms with Crippen LogP contribution in [0.5, 0.6) is 5.75 Å². The Morgan fingerprint density at radius 3 is 2.61 bits per heavy atom. The number of hydrogen-bond acceptors (Lipinski definition) is 5. The van der Waals surface area contributed by atoms with Gasteiger partial charge in [0.2, 0.25) is 5.91 Å². The van der Waals surface area contributed by atoms with Crippen LogP contribution in [0.3, 0.4) is 0 Å². The second-order valence-electron chi connectivity index (χ2n) is 6.97. The first-order valence-electron chi connectivity index (χ1n) is 10.0. The number of nitrogens with one attached hydrogen (secondary N) is 1. The largest absolute Gasteiger partial charge is 0.497 e. The summed E-state index contributed by atoms with van der Waals surface area (Å²) < 4.78 is 7.13. The zero-order chi connectivity index (χ0) is 21.5. The van der Waals surface area contributed by atoms with Gasteiger partial charge in [-0.2, -0.15) is 5.10 Å². The van der Waals surface area contributed by atoms with Gasteiger partial charge in [0.15, 0.2) is 0 Å². The van der Waals surface area contributed by atoms with Crippen molar-refractivity contribution in [2.24, 2.45) is 0 Å². The molecule has 31 heavy (non-hydrogen) atoms. The van der Waals surface area contributed by atoms with Crippen LogP contribution in [0.1, 0.15) is 17.8 Å². The van der Waals surface area contributed by atoms with Gasteiger partial charge in [-0.25, -0.2) is 4.68 Å². The van der Waals surface area contributed by atoms with Crippen LogP contribution in [0.25, 0.3) is 16.9 Å². The first-order valence-corrected chi connectivity index (χ1v) is 10.0. The van der Waals surface area contributed by atoms with Crippen molar-refractivity contribution in [3.63, 3.8) is 0 Å². The van der Waals surface area contributed by atoms with Crippen LogP contribution < -0.4 is 10.1 Å². The number of amides is 1. The first kappa shape index (κ1) is 20.3. The van der Waals surface area contributed by atoms with Gasteiger partial charge < -0.3 is 10.1 Å². The normalized spacial score (nSPS) is 10.6. The monoisotopic (exact) mass is 413 g/mol. The Bertz CT molecular complexity index is 1130. The highest BCUT2D eigenvalue weighted by Gasteiger charge is 2.13. The predicted octanol–water partition coefficient (Wildman–Crippen LogP) is 3.59. The van der Waals surface area contributed by atoms with Crippen LogP contribution in [0.4, 0.5) is 0 Å². The smallest absolute Gasteiger partial charge is 0.220 e. The molecule has 7 nitrogen and oxygen atoms in total. The topological polar surface area (TPSA) is 81.9 Å². The fourth-order valence-electron chi connectivity index (χ4n) is 3.21. The Morgan fingerprint density at radius 2 is 1.90 bits per heavy atom. The fourth-order valence-corrected chi connectivity index (χ4v) is 3.21. The molecule has 0 saturated heterocycles. The van der Waals surface area contributed by atoms with Crippen molar-refractivity contribution in [1.29, 1.82) is 0 Å². The number of pyridine rings is 2. The van der Waals surface area contributed by atoms with Crippen LogP contribution >= 0.6 is 0 Å². The van der Waals surface area contributed by atoms with Gasteiger partial charge in [0.1, 0.15) is 5.75 Å². The molecule has 3 heterocycles. The Labute approximate surface area is 180 Å². The Kier molecular flexibility index (Phi) is 6.32. The van der Waals surface area contributed by atoms with Gasteiger partial charge in [0, 0.05) is 37.0 Å². The van der Waals surface area contributed by atoms with E-state index < -0.39 is 0 Å². The van der Waals surface area contributed by atoms with Gasteiger partial charge in [0.25, 0.3) is 0 Å². The van der Waals surface area contributed by atoms with Crippen molar-refractivity contribution in [2.75, 3.05) is 7.11 Å². The minimum absolute atomic E-state index is 0.0346. The van der Waals surface area contributed by atoms with Crippen LogP contribution in [0.2, 0.25) is 0 Å². The molecule has 0 atom stereocenters. The number of benzene rings is 1. The van der Waals surface area contributed by atoms with Crippen molar-refractivity contribution >= 4 is 5.91 Å². The number of methoxy groups -OCH3 is 1. The highest BCUT2D eigenvalue weighted by atomic mass is 16.5. The molecule has 3 aromatic heterocycles. The molecule has 1 amide bonds. The summed E-state index contributed by atoms with van der Waals surface area (Å²) in [6, 6.07) is 19.2. The lowest BCUT2D eigenvalue weighted by Gasteiger charge is -2.08. The lowest BCUT2D eigenvalue weighted by atomic mass is 10.1. The van der Waals surface area contributed by atoms with Gasteiger partial charge in [-0.05, 0) is 54.6 Å². The molecule has 1 aromatic carbocycles. The second kappa shape index (κ2) is 9.67. The summed E-state index contributed by atoms with van der Waals surface area (Å²) in [4.78, 5) is 20.7. The summed E-state index contributed by atoms with van der Waals surface area (Å²) in [7, 11) is 1.64. The van der Waals surface area contributed by atoms with Crippen LogP contribution in [-0.2, 0) is 17.8 Å². The van der Waals surface area contributed by atoms with Gasteiger partial charge >= 0.3 is 0 Å². The minimum Gasteiger partial charge on any atom is -0.497 e. The number of aryl methyl sites for hydroxylation is 1. The molecule has 0 saturated carbocycles. The Balaban J connectivity index is 1.50. The molecule has 0 aliphatic rings. The van der Waals surface area contributed by atoms with Crippen molar-refractivity contribution < 1.29 is 9.53 Å². The maximum Gasteiger partial charge on any atom is 0.220 e. The van der Waals surface area contributed by atoms with Crippen molar-refractivity contribution in [3.05, 3.63) is 90.6 Å². The molecule has 7 heteroatoms. The molecular weight excluding hydrogens is 390 g/mol. The van der Waals surface area contributed by atoms with Crippen molar-refractivity contribution in [3.8, 4) is 22.7 Å². The average molecular weight is 413 g/mol. The number of aromatic nitrogens is 4. The summed E-state index contributed by atoms with van der Waals surface area (Å²) >= 11 is 0. The standard InChI is InChI=1S/C24H23N5O2/c1-31-22-10-8-21(9-11-22)29-23(18-5-4-13-25-16-18)15-19(28-29)7-12-24(30)27-17-20-6-2-3-14-26-20/h2-6,8-11,13-16H,7,12,17H2,1H3,(H,27,30). The van der Waals surface area contributed by atoms with E-state index in [0.29, 0.717) is 19.4 Å². The third-order valence-corrected chi connectivity index (χ3v) is 4.84. The maximum absolute atomic E-state index is 12.3. The van der Waals surface area contributed by atoms with Gasteiger partial charge in [-0.15, -0.1) is 0 Å². The fraction of sp³-hybridized carbons (Fsp3) is 0.167. The van der Waals surface area contributed by atoms with E-state index in [1.807, 2.05) is 65.3 Å². The van der Waals surface area contributed by atoms with Crippen LogP contribution in [0, 0.1) is 0 Å². The lowest BCUT2D eigenvalue weighted by Crippen LogP contribution is -2.23. The van der Waals surface area contributed by atoms with Gasteiger partial charge in [-0.3, -0.25) is 14.8 Å². The molecule has 0 aliphatic carbocycles. The van der Waals surface area contributed by atoms with Gasteiger partial charge in [-0.1, -0.05) is 6.07 Å². The van der Waals surface area contributed by atoms with E-state index in [0.717, 1.165) is 34.1 Å². The number of carbonyl (C=O) groups is 1. The molecule has 0 aliphatic heterocycles. The molecule has 0 bridgehead atoms. The number of rotatable bonds is 8. The Hall–Kier alpha value is -4.00. The van der Waals surface area contributed by atoms with Crippen molar-refractivity contribution in [2.45, 2.75) is 19.4 Å². The first-order chi connectivity index (χ1) is 15.2. The zero-order valence-corrected chi connectivity index (χ0v) is 17.2. The summed E-state index contributed by atoms with van der Waals surface area (Å²) in [5.74, 6) is 0.746. The minimum atomic E-state index is -0.0346. The van der Waals surface area contributed by atoms with E-state index in [-0.39, 0.29) is 5.91 Å². The molecule has 0 unspecified atom stereocenters. The second-order valence-corrected chi connectivity index (χ2v) is 6.97.